The van der Waals surface area contributed by atoms with Gasteiger partial charge in [-0.15, -0.1) is 0 Å². The van der Waals surface area contributed by atoms with Crippen molar-refractivity contribution < 1.29 is 0 Å². The molecule has 0 radical (unpaired) electrons. The first-order valence-electron chi connectivity index (χ1n) is 6.40. The lowest BCUT2D eigenvalue weighted by Crippen LogP contribution is -2.44. The maximum atomic E-state index is 3.73. The van der Waals surface area contributed by atoms with Gasteiger partial charge >= 0.3 is 0 Å². The largest absolute Gasteiger partial charge is 0.312 e. The number of hydrogen-bond acceptors (Lipinski definition) is 2. The van der Waals surface area contributed by atoms with Crippen LogP contribution < -0.4 is 5.32 Å². The molecule has 0 bridgehead atoms. The van der Waals surface area contributed by atoms with Gasteiger partial charge in [-0.2, -0.15) is 0 Å². The van der Waals surface area contributed by atoms with Gasteiger partial charge in [-0.3, -0.25) is 0 Å². The summed E-state index contributed by atoms with van der Waals surface area (Å²) in [4.78, 5) is 2.34. The van der Waals surface area contributed by atoms with E-state index < -0.39 is 0 Å². The van der Waals surface area contributed by atoms with Crippen LogP contribution in [-0.4, -0.2) is 37.6 Å². The molecule has 2 nitrogen and oxygen atoms in total. The first-order valence-corrected chi connectivity index (χ1v) is 6.40. The van der Waals surface area contributed by atoms with Gasteiger partial charge in [0.1, 0.15) is 0 Å². The fourth-order valence-corrected chi connectivity index (χ4v) is 2.69. The summed E-state index contributed by atoms with van der Waals surface area (Å²) in [5.74, 6) is 1.66. The second-order valence-corrected chi connectivity index (χ2v) is 5.80. The van der Waals surface area contributed by atoms with Gasteiger partial charge in [-0.25, -0.2) is 0 Å². The first kappa shape index (κ1) is 13.0. The molecule has 1 aliphatic rings. The molecule has 1 rings (SSSR count). The Morgan fingerprint density at radius 2 is 1.93 bits per heavy atom. The summed E-state index contributed by atoms with van der Waals surface area (Å²) < 4.78 is 0. The van der Waals surface area contributed by atoms with Crippen molar-refractivity contribution in [2.24, 2.45) is 11.8 Å². The summed E-state index contributed by atoms with van der Waals surface area (Å²) in [7, 11) is 4.37. The zero-order valence-corrected chi connectivity index (χ0v) is 11.1. The van der Waals surface area contributed by atoms with Crippen molar-refractivity contribution in [3.05, 3.63) is 0 Å². The van der Waals surface area contributed by atoms with Gasteiger partial charge in [0.05, 0.1) is 0 Å². The molecular weight excluding hydrogens is 184 g/mol. The number of rotatable bonds is 5. The standard InChI is InChI=1S/C13H28N2/c1-10(2)13(15(4)5)9-14-12-7-6-11(3)8-12/h10-14H,6-9H2,1-5H3. The molecule has 0 aromatic heterocycles. The van der Waals surface area contributed by atoms with Crippen LogP contribution in [0.2, 0.25) is 0 Å². The SMILES string of the molecule is CC1CCC(NCC(C(C)C)N(C)C)C1. The fraction of sp³-hybridized carbons (Fsp3) is 1.00. The summed E-state index contributed by atoms with van der Waals surface area (Å²) >= 11 is 0. The van der Waals surface area contributed by atoms with Crippen LogP contribution >= 0.6 is 0 Å². The van der Waals surface area contributed by atoms with Crippen LogP contribution in [0.4, 0.5) is 0 Å². The molecule has 0 heterocycles. The Balaban J connectivity index is 2.27. The van der Waals surface area contributed by atoms with E-state index in [1.165, 1.54) is 19.3 Å². The van der Waals surface area contributed by atoms with Gasteiger partial charge in [-0.05, 0) is 45.2 Å². The predicted octanol–water partition coefficient (Wildman–Crippen LogP) is 2.35. The van der Waals surface area contributed by atoms with Crippen LogP contribution in [-0.2, 0) is 0 Å². The van der Waals surface area contributed by atoms with Gasteiger partial charge in [0.15, 0.2) is 0 Å². The first-order chi connectivity index (χ1) is 7.00. The quantitative estimate of drug-likeness (QED) is 0.752. The lowest BCUT2D eigenvalue weighted by molar-refractivity contribution is 0.218. The van der Waals surface area contributed by atoms with Crippen LogP contribution in [0.5, 0.6) is 0 Å². The van der Waals surface area contributed by atoms with E-state index in [1.807, 2.05) is 0 Å². The van der Waals surface area contributed by atoms with Crippen LogP contribution in [0, 0.1) is 11.8 Å². The van der Waals surface area contributed by atoms with Gasteiger partial charge < -0.3 is 10.2 Å². The Morgan fingerprint density at radius 1 is 1.27 bits per heavy atom. The average molecular weight is 212 g/mol. The summed E-state index contributed by atoms with van der Waals surface area (Å²) in [5.41, 5.74) is 0. The molecule has 1 saturated carbocycles. The van der Waals surface area contributed by atoms with E-state index in [2.05, 4.69) is 45.1 Å². The molecule has 90 valence electrons. The molecule has 0 aromatic carbocycles. The number of hydrogen-bond donors (Lipinski definition) is 1. The minimum absolute atomic E-state index is 0.668. The van der Waals surface area contributed by atoms with Crippen molar-refractivity contribution in [3.8, 4) is 0 Å². The Labute approximate surface area is 95.4 Å². The lowest BCUT2D eigenvalue weighted by Gasteiger charge is -2.29. The van der Waals surface area contributed by atoms with Gasteiger partial charge in [0.2, 0.25) is 0 Å². The van der Waals surface area contributed by atoms with E-state index in [0.29, 0.717) is 6.04 Å². The molecular formula is C13H28N2. The predicted molar refractivity (Wildman–Crippen MR) is 67.1 cm³/mol. The zero-order chi connectivity index (χ0) is 11.4. The Bertz CT molecular complexity index is 169. The monoisotopic (exact) mass is 212 g/mol. The topological polar surface area (TPSA) is 15.3 Å². The molecule has 0 amide bonds. The van der Waals surface area contributed by atoms with Crippen molar-refractivity contribution in [3.63, 3.8) is 0 Å². The van der Waals surface area contributed by atoms with Crippen molar-refractivity contribution >= 4 is 0 Å². The van der Waals surface area contributed by atoms with Crippen LogP contribution in [0.3, 0.4) is 0 Å². The minimum Gasteiger partial charge on any atom is -0.312 e. The molecule has 0 aromatic rings. The number of likely N-dealkylation sites (N-methyl/N-ethyl adjacent to an activating group) is 1. The third kappa shape index (κ3) is 4.12. The average Bonchev–Trinajstić information content (AvgIpc) is 2.50. The maximum absolute atomic E-state index is 3.73. The molecule has 0 saturated heterocycles. The molecule has 2 heteroatoms. The fourth-order valence-electron chi connectivity index (χ4n) is 2.69. The van der Waals surface area contributed by atoms with Gasteiger partial charge in [0, 0.05) is 18.6 Å². The van der Waals surface area contributed by atoms with E-state index in [4.69, 9.17) is 0 Å². The Morgan fingerprint density at radius 3 is 2.33 bits per heavy atom. The van der Waals surface area contributed by atoms with E-state index in [1.54, 1.807) is 0 Å². The summed E-state index contributed by atoms with van der Waals surface area (Å²) in [5, 5.41) is 3.73. The Hall–Kier alpha value is -0.0800. The van der Waals surface area contributed by atoms with Crippen LogP contribution in [0.1, 0.15) is 40.0 Å². The van der Waals surface area contributed by atoms with Gasteiger partial charge in [-0.1, -0.05) is 20.8 Å². The Kier molecular flexibility index (Phi) is 5.07. The molecule has 1 aliphatic carbocycles. The normalized spacial score (nSPS) is 29.0. The van der Waals surface area contributed by atoms with E-state index in [-0.39, 0.29) is 0 Å². The highest BCUT2D eigenvalue weighted by Crippen LogP contribution is 2.24. The molecule has 0 spiro atoms. The van der Waals surface area contributed by atoms with Crippen molar-refractivity contribution in [2.45, 2.75) is 52.1 Å². The minimum atomic E-state index is 0.668. The van der Waals surface area contributed by atoms with E-state index in [9.17, 15) is 0 Å². The highest BCUT2D eigenvalue weighted by molar-refractivity contribution is 4.81. The summed E-state index contributed by atoms with van der Waals surface area (Å²) in [6.07, 6.45) is 4.16. The summed E-state index contributed by atoms with van der Waals surface area (Å²) in [6.45, 7) is 8.13. The molecule has 0 aliphatic heterocycles. The molecule has 15 heavy (non-hydrogen) atoms. The number of nitrogens with one attached hydrogen (secondary N) is 1. The maximum Gasteiger partial charge on any atom is 0.0237 e. The molecule has 1 fully saturated rings. The molecule has 3 atom stereocenters. The van der Waals surface area contributed by atoms with E-state index >= 15 is 0 Å². The third-order valence-electron chi connectivity index (χ3n) is 3.74. The van der Waals surface area contributed by atoms with Gasteiger partial charge in [0.25, 0.3) is 0 Å². The molecule has 3 unspecified atom stereocenters. The highest BCUT2D eigenvalue weighted by Gasteiger charge is 2.23. The smallest absolute Gasteiger partial charge is 0.0237 e. The second kappa shape index (κ2) is 5.86. The van der Waals surface area contributed by atoms with Crippen molar-refractivity contribution in [1.82, 2.24) is 10.2 Å². The highest BCUT2D eigenvalue weighted by atomic mass is 15.1. The zero-order valence-electron chi connectivity index (χ0n) is 11.1. The van der Waals surface area contributed by atoms with Crippen molar-refractivity contribution in [1.29, 1.82) is 0 Å². The molecule has 1 N–H and O–H groups in total. The second-order valence-electron chi connectivity index (χ2n) is 5.80. The van der Waals surface area contributed by atoms with Crippen molar-refractivity contribution in [2.75, 3.05) is 20.6 Å². The number of nitrogens with zero attached hydrogens (tertiary/aromatic N) is 1. The summed E-state index contributed by atoms with van der Waals surface area (Å²) in [6, 6.07) is 1.45. The van der Waals surface area contributed by atoms with E-state index in [0.717, 1.165) is 24.4 Å². The lowest BCUT2D eigenvalue weighted by atomic mass is 10.0. The van der Waals surface area contributed by atoms with Crippen LogP contribution in [0.15, 0.2) is 0 Å². The van der Waals surface area contributed by atoms with Crippen LogP contribution in [0.25, 0.3) is 0 Å². The third-order valence-corrected chi connectivity index (χ3v) is 3.74.